The maximum Gasteiger partial charge on any atom is 0.190 e. The zero-order valence-electron chi connectivity index (χ0n) is 16.4. The van der Waals surface area contributed by atoms with E-state index in [0.717, 1.165) is 50.7 Å². The Labute approximate surface area is 162 Å². The number of rotatable bonds is 11. The van der Waals surface area contributed by atoms with E-state index < -0.39 is 0 Å². The predicted molar refractivity (Wildman–Crippen MR) is 111 cm³/mol. The third-order valence-electron chi connectivity index (χ3n) is 4.21. The van der Waals surface area contributed by atoms with Crippen molar-refractivity contribution in [1.82, 2.24) is 10.6 Å². The molecule has 0 heterocycles. The van der Waals surface area contributed by atoms with E-state index in [9.17, 15) is 0 Å². The number of unbranched alkanes of at least 4 members (excludes halogenated alkanes) is 1. The number of benzene rings is 2. The van der Waals surface area contributed by atoms with Gasteiger partial charge in [0.25, 0.3) is 0 Å². The molecular weight excluding hydrogens is 338 g/mol. The molecule has 0 aliphatic heterocycles. The van der Waals surface area contributed by atoms with Crippen LogP contribution in [-0.2, 0) is 17.8 Å². The first-order valence-electron chi connectivity index (χ1n) is 9.51. The highest BCUT2D eigenvalue weighted by Gasteiger charge is 1.99. The fourth-order valence-electron chi connectivity index (χ4n) is 2.64. The number of ether oxygens (including phenoxy) is 2. The zero-order chi connectivity index (χ0) is 19.2. The first-order chi connectivity index (χ1) is 13.3. The Hall–Kier alpha value is -2.53. The van der Waals surface area contributed by atoms with Crippen molar-refractivity contribution in [2.75, 3.05) is 33.9 Å². The molecule has 2 aromatic carbocycles. The topological polar surface area (TPSA) is 54.9 Å². The third kappa shape index (κ3) is 8.60. The Kier molecular flexibility index (Phi) is 9.82. The van der Waals surface area contributed by atoms with E-state index in [-0.39, 0.29) is 0 Å². The SMILES string of the molecule is CN=C(NCCCCOCc1ccccc1)NCCc1ccc(OC)cc1. The molecule has 0 spiro atoms. The third-order valence-corrected chi connectivity index (χ3v) is 4.21. The highest BCUT2D eigenvalue weighted by atomic mass is 16.5. The van der Waals surface area contributed by atoms with Crippen molar-refractivity contribution in [1.29, 1.82) is 0 Å². The summed E-state index contributed by atoms with van der Waals surface area (Å²) in [6.45, 7) is 3.19. The van der Waals surface area contributed by atoms with Gasteiger partial charge in [-0.05, 0) is 42.5 Å². The average Bonchev–Trinajstić information content (AvgIpc) is 2.73. The normalized spacial score (nSPS) is 11.3. The Morgan fingerprint density at radius 3 is 2.33 bits per heavy atom. The minimum Gasteiger partial charge on any atom is -0.497 e. The minimum atomic E-state index is 0.683. The molecule has 5 heteroatoms. The standard InChI is InChI=1S/C22H31N3O2/c1-23-22(25-16-14-19-10-12-21(26-2)13-11-19)24-15-6-7-17-27-18-20-8-4-3-5-9-20/h3-5,8-13H,6-7,14-18H2,1-2H3,(H2,23,24,25). The van der Waals surface area contributed by atoms with E-state index in [1.165, 1.54) is 11.1 Å². The summed E-state index contributed by atoms with van der Waals surface area (Å²) in [7, 11) is 3.48. The highest BCUT2D eigenvalue weighted by molar-refractivity contribution is 5.79. The van der Waals surface area contributed by atoms with Gasteiger partial charge in [0.2, 0.25) is 0 Å². The van der Waals surface area contributed by atoms with Crippen molar-refractivity contribution in [3.8, 4) is 5.75 Å². The number of nitrogens with zero attached hydrogens (tertiary/aromatic N) is 1. The van der Waals surface area contributed by atoms with Crippen LogP contribution in [0, 0.1) is 0 Å². The molecule has 27 heavy (non-hydrogen) atoms. The van der Waals surface area contributed by atoms with Crippen molar-refractivity contribution in [2.45, 2.75) is 25.9 Å². The van der Waals surface area contributed by atoms with Gasteiger partial charge in [-0.2, -0.15) is 0 Å². The second-order valence-electron chi connectivity index (χ2n) is 6.27. The lowest BCUT2D eigenvalue weighted by Crippen LogP contribution is -2.38. The quantitative estimate of drug-likeness (QED) is 0.362. The van der Waals surface area contributed by atoms with Crippen molar-refractivity contribution in [3.05, 3.63) is 65.7 Å². The van der Waals surface area contributed by atoms with Gasteiger partial charge in [0.15, 0.2) is 5.96 Å². The molecule has 0 aliphatic rings. The van der Waals surface area contributed by atoms with Crippen LogP contribution in [0.2, 0.25) is 0 Å². The molecule has 0 amide bonds. The lowest BCUT2D eigenvalue weighted by atomic mass is 10.1. The van der Waals surface area contributed by atoms with Crippen LogP contribution < -0.4 is 15.4 Å². The Morgan fingerprint density at radius 2 is 1.63 bits per heavy atom. The Balaban J connectivity index is 1.51. The van der Waals surface area contributed by atoms with E-state index in [0.29, 0.717) is 6.61 Å². The van der Waals surface area contributed by atoms with Crippen molar-refractivity contribution in [2.24, 2.45) is 4.99 Å². The van der Waals surface area contributed by atoms with Gasteiger partial charge in [-0.1, -0.05) is 42.5 Å². The van der Waals surface area contributed by atoms with Gasteiger partial charge in [0, 0.05) is 26.7 Å². The van der Waals surface area contributed by atoms with E-state index in [1.807, 2.05) is 30.3 Å². The summed E-state index contributed by atoms with van der Waals surface area (Å²) in [5, 5.41) is 6.69. The summed E-state index contributed by atoms with van der Waals surface area (Å²) < 4.78 is 10.9. The maximum absolute atomic E-state index is 5.70. The summed E-state index contributed by atoms with van der Waals surface area (Å²) in [4.78, 5) is 4.26. The lowest BCUT2D eigenvalue weighted by Gasteiger charge is -2.12. The van der Waals surface area contributed by atoms with Crippen molar-refractivity contribution < 1.29 is 9.47 Å². The number of hydrogen-bond acceptors (Lipinski definition) is 3. The Morgan fingerprint density at radius 1 is 0.889 bits per heavy atom. The van der Waals surface area contributed by atoms with E-state index in [2.05, 4.69) is 39.9 Å². The van der Waals surface area contributed by atoms with Gasteiger partial charge in [0.05, 0.1) is 13.7 Å². The first kappa shape index (κ1) is 20.8. The monoisotopic (exact) mass is 369 g/mol. The molecule has 0 fully saturated rings. The smallest absolute Gasteiger partial charge is 0.190 e. The molecule has 0 aromatic heterocycles. The van der Waals surface area contributed by atoms with Gasteiger partial charge < -0.3 is 20.1 Å². The van der Waals surface area contributed by atoms with Crippen LogP contribution in [-0.4, -0.2) is 39.8 Å². The van der Waals surface area contributed by atoms with Crippen LogP contribution in [0.1, 0.15) is 24.0 Å². The molecule has 0 atom stereocenters. The number of guanidine groups is 1. The molecule has 5 nitrogen and oxygen atoms in total. The molecule has 2 N–H and O–H groups in total. The van der Waals surface area contributed by atoms with Crippen LogP contribution in [0.4, 0.5) is 0 Å². The molecule has 0 aliphatic carbocycles. The second-order valence-corrected chi connectivity index (χ2v) is 6.27. The number of nitrogens with one attached hydrogen (secondary N) is 2. The lowest BCUT2D eigenvalue weighted by molar-refractivity contribution is 0.117. The first-order valence-corrected chi connectivity index (χ1v) is 9.51. The summed E-state index contributed by atoms with van der Waals surface area (Å²) in [6, 6.07) is 18.4. The fourth-order valence-corrected chi connectivity index (χ4v) is 2.64. The van der Waals surface area contributed by atoms with Crippen LogP contribution in [0.25, 0.3) is 0 Å². The molecular formula is C22H31N3O2. The molecule has 146 valence electrons. The molecule has 0 bridgehead atoms. The Bertz CT molecular complexity index is 657. The van der Waals surface area contributed by atoms with E-state index >= 15 is 0 Å². The molecule has 2 aromatic rings. The molecule has 0 saturated carbocycles. The van der Waals surface area contributed by atoms with Crippen LogP contribution >= 0.6 is 0 Å². The summed E-state index contributed by atoms with van der Waals surface area (Å²) in [6.07, 6.45) is 3.02. The second kappa shape index (κ2) is 12.8. The van der Waals surface area contributed by atoms with Gasteiger partial charge in [-0.3, -0.25) is 4.99 Å². The number of aliphatic imine (C=N–C) groups is 1. The van der Waals surface area contributed by atoms with E-state index in [4.69, 9.17) is 9.47 Å². The van der Waals surface area contributed by atoms with Crippen molar-refractivity contribution in [3.63, 3.8) is 0 Å². The predicted octanol–water partition coefficient (Wildman–Crippen LogP) is 3.40. The van der Waals surface area contributed by atoms with Crippen molar-refractivity contribution >= 4 is 5.96 Å². The molecule has 0 unspecified atom stereocenters. The van der Waals surface area contributed by atoms with Gasteiger partial charge in [0.1, 0.15) is 5.75 Å². The molecule has 2 rings (SSSR count). The minimum absolute atomic E-state index is 0.683. The van der Waals surface area contributed by atoms with Gasteiger partial charge in [-0.15, -0.1) is 0 Å². The van der Waals surface area contributed by atoms with Gasteiger partial charge >= 0.3 is 0 Å². The molecule has 0 radical (unpaired) electrons. The zero-order valence-corrected chi connectivity index (χ0v) is 16.4. The average molecular weight is 370 g/mol. The fraction of sp³-hybridized carbons (Fsp3) is 0.409. The highest BCUT2D eigenvalue weighted by Crippen LogP contribution is 2.11. The van der Waals surface area contributed by atoms with E-state index in [1.54, 1.807) is 14.2 Å². The molecule has 0 saturated heterocycles. The largest absolute Gasteiger partial charge is 0.497 e. The van der Waals surface area contributed by atoms with Crippen LogP contribution in [0.3, 0.4) is 0 Å². The van der Waals surface area contributed by atoms with Crippen LogP contribution in [0.5, 0.6) is 5.75 Å². The number of methoxy groups -OCH3 is 1. The summed E-state index contributed by atoms with van der Waals surface area (Å²) >= 11 is 0. The van der Waals surface area contributed by atoms with Gasteiger partial charge in [-0.25, -0.2) is 0 Å². The summed E-state index contributed by atoms with van der Waals surface area (Å²) in [5.74, 6) is 1.73. The maximum atomic E-state index is 5.70. The summed E-state index contributed by atoms with van der Waals surface area (Å²) in [5.41, 5.74) is 2.49. The number of hydrogen-bond donors (Lipinski definition) is 2. The van der Waals surface area contributed by atoms with Crippen LogP contribution in [0.15, 0.2) is 59.6 Å².